The second kappa shape index (κ2) is 4.00. The van der Waals surface area contributed by atoms with Crippen molar-refractivity contribution in [3.8, 4) is 11.3 Å². The molecule has 1 aromatic heterocycles. The molecule has 15 heavy (non-hydrogen) atoms. The molecule has 0 fully saturated rings. The number of benzene rings is 1. The fraction of sp³-hybridized carbons (Fsp3) is 0.100. The van der Waals surface area contributed by atoms with E-state index in [1.165, 1.54) is 12.1 Å². The van der Waals surface area contributed by atoms with Crippen molar-refractivity contribution in [1.82, 2.24) is 10.2 Å². The minimum atomic E-state index is -0.363. The van der Waals surface area contributed by atoms with E-state index >= 15 is 0 Å². The van der Waals surface area contributed by atoms with Crippen LogP contribution in [0.15, 0.2) is 24.4 Å². The van der Waals surface area contributed by atoms with E-state index < -0.39 is 0 Å². The van der Waals surface area contributed by atoms with Crippen LogP contribution in [-0.4, -0.2) is 10.2 Å². The van der Waals surface area contributed by atoms with Crippen LogP contribution in [0, 0.1) is 5.82 Å². The highest BCUT2D eigenvalue weighted by Crippen LogP contribution is 2.28. The van der Waals surface area contributed by atoms with Gasteiger partial charge in [-0.05, 0) is 18.2 Å². The molecule has 3 nitrogen and oxygen atoms in total. The van der Waals surface area contributed by atoms with Gasteiger partial charge in [0.25, 0.3) is 0 Å². The summed E-state index contributed by atoms with van der Waals surface area (Å²) in [6.07, 6.45) is 1.63. The molecule has 78 valence electrons. The summed E-state index contributed by atoms with van der Waals surface area (Å²) in [5.41, 5.74) is 7.83. The highest BCUT2D eigenvalue weighted by Gasteiger charge is 2.10. The first-order valence-corrected chi connectivity index (χ1v) is 4.78. The van der Waals surface area contributed by atoms with E-state index in [0.29, 0.717) is 17.1 Å². The second-order valence-electron chi connectivity index (χ2n) is 3.10. The van der Waals surface area contributed by atoms with Gasteiger partial charge in [0.05, 0.1) is 16.9 Å². The Morgan fingerprint density at radius 1 is 1.47 bits per heavy atom. The van der Waals surface area contributed by atoms with E-state index in [4.69, 9.17) is 17.3 Å². The normalized spacial score (nSPS) is 10.6. The molecule has 0 spiro atoms. The highest BCUT2D eigenvalue weighted by molar-refractivity contribution is 6.33. The molecule has 0 amide bonds. The van der Waals surface area contributed by atoms with Gasteiger partial charge in [0.15, 0.2) is 0 Å². The first-order valence-electron chi connectivity index (χ1n) is 4.40. The van der Waals surface area contributed by atoms with Gasteiger partial charge in [-0.1, -0.05) is 11.6 Å². The van der Waals surface area contributed by atoms with Gasteiger partial charge in [-0.3, -0.25) is 5.10 Å². The molecule has 0 bridgehead atoms. The zero-order valence-electron chi connectivity index (χ0n) is 7.80. The van der Waals surface area contributed by atoms with Gasteiger partial charge in [-0.2, -0.15) is 5.10 Å². The van der Waals surface area contributed by atoms with Gasteiger partial charge in [-0.25, -0.2) is 4.39 Å². The van der Waals surface area contributed by atoms with Crippen molar-refractivity contribution in [1.29, 1.82) is 0 Å². The highest BCUT2D eigenvalue weighted by atomic mass is 35.5. The number of nitrogens with one attached hydrogen (secondary N) is 1. The summed E-state index contributed by atoms with van der Waals surface area (Å²) in [5.74, 6) is -0.363. The molecule has 0 saturated heterocycles. The largest absolute Gasteiger partial charge is 0.326 e. The van der Waals surface area contributed by atoms with E-state index in [-0.39, 0.29) is 5.82 Å². The third-order valence-corrected chi connectivity index (χ3v) is 2.45. The Morgan fingerprint density at radius 2 is 2.27 bits per heavy atom. The lowest BCUT2D eigenvalue weighted by atomic mass is 10.1. The minimum absolute atomic E-state index is 0.342. The third-order valence-electron chi connectivity index (χ3n) is 2.14. The maximum atomic E-state index is 12.8. The van der Waals surface area contributed by atoms with Crippen LogP contribution in [0.3, 0.4) is 0 Å². The van der Waals surface area contributed by atoms with Crippen molar-refractivity contribution in [3.63, 3.8) is 0 Å². The summed E-state index contributed by atoms with van der Waals surface area (Å²) in [4.78, 5) is 0. The van der Waals surface area contributed by atoms with E-state index in [1.807, 2.05) is 0 Å². The fourth-order valence-electron chi connectivity index (χ4n) is 1.39. The number of H-pyrrole nitrogens is 1. The second-order valence-corrected chi connectivity index (χ2v) is 3.51. The number of aromatic amines is 1. The molecular formula is C10H9ClFN3. The average molecular weight is 226 g/mol. The van der Waals surface area contributed by atoms with Crippen molar-refractivity contribution < 1.29 is 4.39 Å². The lowest BCUT2D eigenvalue weighted by Gasteiger charge is -2.03. The van der Waals surface area contributed by atoms with Crippen LogP contribution in [0.2, 0.25) is 5.02 Å². The Kier molecular flexibility index (Phi) is 2.70. The Balaban J connectivity index is 2.54. The van der Waals surface area contributed by atoms with Gasteiger partial charge in [0.2, 0.25) is 0 Å². The number of halogens is 2. The molecule has 0 unspecified atom stereocenters. The zero-order chi connectivity index (χ0) is 10.8. The number of nitrogens with two attached hydrogens (primary N) is 1. The molecule has 0 aliphatic rings. The first-order chi connectivity index (χ1) is 7.22. The molecular weight excluding hydrogens is 217 g/mol. The van der Waals surface area contributed by atoms with Crippen LogP contribution in [0.1, 0.15) is 5.56 Å². The summed E-state index contributed by atoms with van der Waals surface area (Å²) in [6.45, 7) is 0.361. The molecule has 0 radical (unpaired) electrons. The topological polar surface area (TPSA) is 54.7 Å². The van der Waals surface area contributed by atoms with Crippen LogP contribution >= 0.6 is 11.6 Å². The Hall–Kier alpha value is -1.39. The van der Waals surface area contributed by atoms with E-state index in [9.17, 15) is 4.39 Å². The Morgan fingerprint density at radius 3 is 2.93 bits per heavy atom. The van der Waals surface area contributed by atoms with Crippen LogP contribution in [0.25, 0.3) is 11.3 Å². The molecule has 2 rings (SSSR count). The lowest BCUT2D eigenvalue weighted by Crippen LogP contribution is -1.97. The zero-order valence-corrected chi connectivity index (χ0v) is 8.55. The van der Waals surface area contributed by atoms with Gasteiger partial charge in [0, 0.05) is 17.7 Å². The van der Waals surface area contributed by atoms with Crippen LogP contribution < -0.4 is 5.73 Å². The van der Waals surface area contributed by atoms with Crippen molar-refractivity contribution in [3.05, 3.63) is 40.8 Å². The molecule has 5 heteroatoms. The molecule has 0 saturated carbocycles. The number of hydrogen-bond acceptors (Lipinski definition) is 2. The van der Waals surface area contributed by atoms with Gasteiger partial charge in [0.1, 0.15) is 5.82 Å². The molecule has 0 aliphatic heterocycles. The van der Waals surface area contributed by atoms with Crippen LogP contribution in [-0.2, 0) is 6.54 Å². The average Bonchev–Trinajstić information content (AvgIpc) is 2.65. The Bertz CT molecular complexity index is 481. The van der Waals surface area contributed by atoms with Crippen molar-refractivity contribution >= 4 is 11.6 Å². The van der Waals surface area contributed by atoms with E-state index in [0.717, 1.165) is 11.3 Å². The number of hydrogen-bond donors (Lipinski definition) is 2. The summed E-state index contributed by atoms with van der Waals surface area (Å²) in [7, 11) is 0. The van der Waals surface area contributed by atoms with E-state index in [1.54, 1.807) is 12.3 Å². The van der Waals surface area contributed by atoms with Crippen molar-refractivity contribution in [2.45, 2.75) is 6.54 Å². The molecule has 0 atom stereocenters. The first kappa shape index (κ1) is 10.1. The molecule has 0 aliphatic carbocycles. The van der Waals surface area contributed by atoms with Crippen molar-refractivity contribution in [2.24, 2.45) is 5.73 Å². The van der Waals surface area contributed by atoms with Crippen LogP contribution in [0.4, 0.5) is 4.39 Å². The quantitative estimate of drug-likeness (QED) is 0.824. The number of nitrogens with zero attached hydrogens (tertiary/aromatic N) is 1. The fourth-order valence-corrected chi connectivity index (χ4v) is 1.65. The Labute approximate surface area is 91.1 Å². The standard InChI is InChI=1S/C10H9ClFN3/c11-9-3-7(12)1-2-8(9)10-6(4-13)5-14-15-10/h1-3,5H,4,13H2,(H,14,15). The predicted octanol–water partition coefficient (Wildman–Crippen LogP) is 2.33. The van der Waals surface area contributed by atoms with Gasteiger partial charge in [-0.15, -0.1) is 0 Å². The lowest BCUT2D eigenvalue weighted by molar-refractivity contribution is 0.628. The smallest absolute Gasteiger partial charge is 0.124 e. The van der Waals surface area contributed by atoms with E-state index in [2.05, 4.69) is 10.2 Å². The molecule has 1 heterocycles. The minimum Gasteiger partial charge on any atom is -0.326 e. The molecule has 1 aromatic carbocycles. The third kappa shape index (κ3) is 1.86. The maximum absolute atomic E-state index is 12.8. The van der Waals surface area contributed by atoms with Gasteiger partial charge < -0.3 is 5.73 Å². The summed E-state index contributed by atoms with van der Waals surface area (Å²) in [6, 6.07) is 4.21. The monoisotopic (exact) mass is 225 g/mol. The molecule has 2 aromatic rings. The predicted molar refractivity (Wildman–Crippen MR) is 56.9 cm³/mol. The maximum Gasteiger partial charge on any atom is 0.124 e. The summed E-state index contributed by atoms with van der Waals surface area (Å²) < 4.78 is 12.8. The SMILES string of the molecule is NCc1cn[nH]c1-c1ccc(F)cc1Cl. The molecule has 3 N–H and O–H groups in total. The van der Waals surface area contributed by atoms with Crippen LogP contribution in [0.5, 0.6) is 0 Å². The number of aromatic nitrogens is 2. The summed E-state index contributed by atoms with van der Waals surface area (Å²) >= 11 is 5.92. The van der Waals surface area contributed by atoms with Gasteiger partial charge >= 0.3 is 0 Å². The summed E-state index contributed by atoms with van der Waals surface area (Å²) in [5, 5.41) is 7.01. The number of rotatable bonds is 2. The van der Waals surface area contributed by atoms with Crippen molar-refractivity contribution in [2.75, 3.05) is 0 Å².